The molecule has 0 bridgehead atoms. The second kappa shape index (κ2) is 6.56. The van der Waals surface area contributed by atoms with Gasteiger partial charge >= 0.3 is 6.18 Å². The number of carbonyl (C=O) groups excluding carboxylic acids is 1. The number of anilines is 1. The van der Waals surface area contributed by atoms with Gasteiger partial charge in [-0.05, 0) is 25.1 Å². The molecular weight excluding hydrogens is 257 g/mol. The van der Waals surface area contributed by atoms with Gasteiger partial charge in [0.25, 0.3) is 0 Å². The van der Waals surface area contributed by atoms with Crippen LogP contribution >= 0.6 is 0 Å². The van der Waals surface area contributed by atoms with Crippen LogP contribution in [0.1, 0.15) is 31.9 Å². The molecule has 0 fully saturated rings. The number of nitrogens with one attached hydrogen (secondary N) is 2. The molecule has 0 aliphatic carbocycles. The van der Waals surface area contributed by atoms with E-state index in [9.17, 15) is 18.0 Å². The smallest absolute Gasteiger partial charge is 0.325 e. The van der Waals surface area contributed by atoms with Crippen molar-refractivity contribution in [1.82, 2.24) is 5.32 Å². The lowest BCUT2D eigenvalue weighted by Gasteiger charge is -2.18. The summed E-state index contributed by atoms with van der Waals surface area (Å²) in [6.45, 7) is 4.55. The van der Waals surface area contributed by atoms with Crippen LogP contribution in [0, 0.1) is 0 Å². The zero-order valence-corrected chi connectivity index (χ0v) is 10.8. The Morgan fingerprint density at radius 2 is 1.95 bits per heavy atom. The molecule has 106 valence electrons. The van der Waals surface area contributed by atoms with Crippen LogP contribution in [0.25, 0.3) is 0 Å². The maximum absolute atomic E-state index is 12.1. The van der Waals surface area contributed by atoms with E-state index in [0.717, 1.165) is 12.1 Å². The third-order valence-corrected chi connectivity index (χ3v) is 2.57. The first kappa shape index (κ1) is 15.5. The highest BCUT2D eigenvalue weighted by molar-refractivity contribution is 5.92. The van der Waals surface area contributed by atoms with E-state index < -0.39 is 18.5 Å². The Bertz CT molecular complexity index is 432. The van der Waals surface area contributed by atoms with Gasteiger partial charge in [0.15, 0.2) is 0 Å². The Morgan fingerprint density at radius 3 is 2.53 bits per heavy atom. The molecule has 1 aromatic carbocycles. The fourth-order valence-electron chi connectivity index (χ4n) is 1.78. The minimum Gasteiger partial charge on any atom is -0.325 e. The number of rotatable bonds is 5. The number of hydrogen-bond donors (Lipinski definition) is 2. The summed E-state index contributed by atoms with van der Waals surface area (Å²) in [5.74, 6) is -1.05. The first-order chi connectivity index (χ1) is 8.83. The lowest BCUT2D eigenvalue weighted by molar-refractivity contribution is -0.150. The summed E-state index contributed by atoms with van der Waals surface area (Å²) in [5.41, 5.74) is 1.17. The highest BCUT2D eigenvalue weighted by Crippen LogP contribution is 2.24. The summed E-state index contributed by atoms with van der Waals surface area (Å²) in [7, 11) is 0. The van der Waals surface area contributed by atoms with Gasteiger partial charge in [0.2, 0.25) is 5.91 Å². The zero-order chi connectivity index (χ0) is 14.5. The van der Waals surface area contributed by atoms with E-state index in [1.165, 1.54) is 0 Å². The maximum atomic E-state index is 12.1. The van der Waals surface area contributed by atoms with Crippen LogP contribution < -0.4 is 10.6 Å². The standard InChI is InChI=1S/C13H17F3N2O/c1-3-17-9(2)10-6-4-5-7-11(10)18-12(19)8-13(14,15)16/h4-7,9,17H,3,8H2,1-2H3,(H,18,19). The first-order valence-corrected chi connectivity index (χ1v) is 6.02. The summed E-state index contributed by atoms with van der Waals surface area (Å²) in [5, 5.41) is 5.46. The van der Waals surface area contributed by atoms with Crippen molar-refractivity contribution in [1.29, 1.82) is 0 Å². The molecule has 2 N–H and O–H groups in total. The molecule has 1 amide bonds. The Kier molecular flexibility index (Phi) is 5.35. The Balaban J connectivity index is 2.81. The van der Waals surface area contributed by atoms with E-state index in [1.54, 1.807) is 24.3 Å². The number of carbonyl (C=O) groups is 1. The number of alkyl halides is 3. The Hall–Kier alpha value is -1.56. The molecule has 1 atom stereocenters. The van der Waals surface area contributed by atoms with Crippen molar-refractivity contribution in [3.8, 4) is 0 Å². The van der Waals surface area contributed by atoms with E-state index in [-0.39, 0.29) is 6.04 Å². The molecule has 0 aliphatic rings. The Morgan fingerprint density at radius 1 is 1.32 bits per heavy atom. The predicted octanol–water partition coefficient (Wildman–Crippen LogP) is 3.25. The van der Waals surface area contributed by atoms with Gasteiger partial charge in [-0.2, -0.15) is 13.2 Å². The molecule has 0 radical (unpaired) electrons. The SMILES string of the molecule is CCNC(C)c1ccccc1NC(=O)CC(F)(F)F. The van der Waals surface area contributed by atoms with Gasteiger partial charge in [0.05, 0.1) is 0 Å². The second-order valence-corrected chi connectivity index (χ2v) is 4.21. The van der Waals surface area contributed by atoms with Gasteiger partial charge in [-0.1, -0.05) is 25.1 Å². The molecular formula is C13H17F3N2O. The van der Waals surface area contributed by atoms with E-state index in [0.29, 0.717) is 5.69 Å². The van der Waals surface area contributed by atoms with Crippen molar-refractivity contribution in [3.05, 3.63) is 29.8 Å². The van der Waals surface area contributed by atoms with Crippen LogP contribution in [0.5, 0.6) is 0 Å². The van der Waals surface area contributed by atoms with Crippen LogP contribution in [-0.2, 0) is 4.79 Å². The second-order valence-electron chi connectivity index (χ2n) is 4.21. The van der Waals surface area contributed by atoms with E-state index >= 15 is 0 Å². The van der Waals surface area contributed by atoms with Crippen LogP contribution in [0.15, 0.2) is 24.3 Å². The number of para-hydroxylation sites is 1. The lowest BCUT2D eigenvalue weighted by Crippen LogP contribution is -2.23. The molecule has 19 heavy (non-hydrogen) atoms. The van der Waals surface area contributed by atoms with Crippen LogP contribution in [0.4, 0.5) is 18.9 Å². The molecule has 3 nitrogen and oxygen atoms in total. The van der Waals surface area contributed by atoms with Crippen molar-refractivity contribution in [2.45, 2.75) is 32.5 Å². The summed E-state index contributed by atoms with van der Waals surface area (Å²) in [6.07, 6.45) is -5.97. The molecule has 0 aromatic heterocycles. The summed E-state index contributed by atoms with van der Waals surface area (Å²) < 4.78 is 36.3. The van der Waals surface area contributed by atoms with Crippen molar-refractivity contribution in [3.63, 3.8) is 0 Å². The number of halogens is 3. The largest absolute Gasteiger partial charge is 0.397 e. The van der Waals surface area contributed by atoms with Gasteiger partial charge < -0.3 is 10.6 Å². The monoisotopic (exact) mass is 274 g/mol. The van der Waals surface area contributed by atoms with Crippen LogP contribution in [0.2, 0.25) is 0 Å². The maximum Gasteiger partial charge on any atom is 0.397 e. The van der Waals surface area contributed by atoms with Crippen molar-refractivity contribution >= 4 is 11.6 Å². The van der Waals surface area contributed by atoms with E-state index in [4.69, 9.17) is 0 Å². The molecule has 6 heteroatoms. The third-order valence-electron chi connectivity index (χ3n) is 2.57. The number of hydrogen-bond acceptors (Lipinski definition) is 2. The molecule has 1 unspecified atom stereocenters. The average molecular weight is 274 g/mol. The molecule has 0 aliphatic heterocycles. The topological polar surface area (TPSA) is 41.1 Å². The molecule has 0 spiro atoms. The first-order valence-electron chi connectivity index (χ1n) is 6.02. The fourth-order valence-corrected chi connectivity index (χ4v) is 1.78. The van der Waals surface area contributed by atoms with Gasteiger partial charge in [-0.25, -0.2) is 0 Å². The quantitative estimate of drug-likeness (QED) is 0.865. The fraction of sp³-hybridized carbons (Fsp3) is 0.462. The zero-order valence-electron chi connectivity index (χ0n) is 10.8. The molecule has 0 heterocycles. The predicted molar refractivity (Wildman–Crippen MR) is 67.8 cm³/mol. The number of amides is 1. The third kappa shape index (κ3) is 5.30. The van der Waals surface area contributed by atoms with Crippen molar-refractivity contribution < 1.29 is 18.0 Å². The van der Waals surface area contributed by atoms with Crippen LogP contribution in [0.3, 0.4) is 0 Å². The van der Waals surface area contributed by atoms with Crippen molar-refractivity contribution in [2.75, 3.05) is 11.9 Å². The highest BCUT2D eigenvalue weighted by atomic mass is 19.4. The highest BCUT2D eigenvalue weighted by Gasteiger charge is 2.31. The van der Waals surface area contributed by atoms with Gasteiger partial charge in [0, 0.05) is 11.7 Å². The summed E-state index contributed by atoms with van der Waals surface area (Å²) in [6, 6.07) is 6.77. The van der Waals surface area contributed by atoms with Gasteiger partial charge in [-0.3, -0.25) is 4.79 Å². The molecule has 0 saturated heterocycles. The van der Waals surface area contributed by atoms with E-state index in [1.807, 2.05) is 13.8 Å². The molecule has 0 saturated carbocycles. The number of benzene rings is 1. The normalized spacial score (nSPS) is 13.1. The average Bonchev–Trinajstić information content (AvgIpc) is 2.27. The summed E-state index contributed by atoms with van der Waals surface area (Å²) in [4.78, 5) is 11.3. The summed E-state index contributed by atoms with van der Waals surface area (Å²) >= 11 is 0. The van der Waals surface area contributed by atoms with Crippen molar-refractivity contribution in [2.24, 2.45) is 0 Å². The molecule has 1 aromatic rings. The van der Waals surface area contributed by atoms with Gasteiger partial charge in [0.1, 0.15) is 6.42 Å². The molecule has 1 rings (SSSR count). The lowest BCUT2D eigenvalue weighted by atomic mass is 10.1. The van der Waals surface area contributed by atoms with Gasteiger partial charge in [-0.15, -0.1) is 0 Å². The van der Waals surface area contributed by atoms with Crippen LogP contribution in [-0.4, -0.2) is 18.6 Å². The minimum absolute atomic E-state index is 0.0487. The minimum atomic E-state index is -4.49. The van der Waals surface area contributed by atoms with E-state index in [2.05, 4.69) is 10.6 Å². The Labute approximate surface area is 110 Å².